The lowest BCUT2D eigenvalue weighted by Gasteiger charge is -2.40. The van der Waals surface area contributed by atoms with Crippen LogP contribution in [0.5, 0.6) is 5.75 Å². The minimum absolute atomic E-state index is 0.121. The van der Waals surface area contributed by atoms with E-state index in [2.05, 4.69) is 4.90 Å². The van der Waals surface area contributed by atoms with Crippen LogP contribution in [-0.2, 0) is 21.4 Å². The van der Waals surface area contributed by atoms with E-state index in [1.165, 1.54) is 17.5 Å². The number of carbonyl (C=O) groups excluding carboxylic acids is 1. The number of carbonyl (C=O) groups is 1. The van der Waals surface area contributed by atoms with Gasteiger partial charge in [-0.1, -0.05) is 30.7 Å². The quantitative estimate of drug-likeness (QED) is 0.643. The van der Waals surface area contributed by atoms with Gasteiger partial charge in [0, 0.05) is 39.3 Å². The van der Waals surface area contributed by atoms with Gasteiger partial charge in [-0.25, -0.2) is 12.8 Å². The number of halogens is 1. The van der Waals surface area contributed by atoms with Gasteiger partial charge in [0.1, 0.15) is 6.04 Å². The molecule has 0 bridgehead atoms. The summed E-state index contributed by atoms with van der Waals surface area (Å²) in [6.45, 7) is 3.28. The number of rotatable bonds is 6. The van der Waals surface area contributed by atoms with Crippen LogP contribution in [0.25, 0.3) is 0 Å². The van der Waals surface area contributed by atoms with Crippen molar-refractivity contribution in [1.29, 1.82) is 0 Å². The van der Waals surface area contributed by atoms with Gasteiger partial charge < -0.3 is 9.64 Å². The van der Waals surface area contributed by atoms with Gasteiger partial charge in [0.05, 0.1) is 12.0 Å². The Bertz CT molecular complexity index is 1070. The molecule has 4 rings (SSSR count). The van der Waals surface area contributed by atoms with Crippen LogP contribution in [0.1, 0.15) is 24.8 Å². The number of nitrogens with zero attached hydrogens (tertiary/aromatic N) is 3. The average molecular weight is 476 g/mol. The Balaban J connectivity index is 1.39. The molecule has 0 saturated carbocycles. The van der Waals surface area contributed by atoms with Gasteiger partial charge in [0.25, 0.3) is 0 Å². The Morgan fingerprint density at radius 3 is 2.42 bits per heavy atom. The fourth-order valence-corrected chi connectivity index (χ4v) is 6.24. The Morgan fingerprint density at radius 2 is 1.76 bits per heavy atom. The SMILES string of the molecule is COc1ccc(CN2CCN(C(=O)C3CCCCN3S(=O)(=O)c3ccccc3)CC2)cc1F. The second-order valence-corrected chi connectivity index (χ2v) is 10.4. The molecule has 0 aliphatic carbocycles. The first-order chi connectivity index (χ1) is 15.9. The Hall–Kier alpha value is -2.49. The van der Waals surface area contributed by atoms with E-state index in [1.807, 2.05) is 6.07 Å². The zero-order chi connectivity index (χ0) is 23.4. The number of methoxy groups -OCH3 is 1. The zero-order valence-electron chi connectivity index (χ0n) is 18.8. The summed E-state index contributed by atoms with van der Waals surface area (Å²) in [6, 6.07) is 12.6. The van der Waals surface area contributed by atoms with Crippen molar-refractivity contribution in [2.24, 2.45) is 0 Å². The van der Waals surface area contributed by atoms with Crippen LogP contribution in [0.2, 0.25) is 0 Å². The van der Waals surface area contributed by atoms with E-state index in [4.69, 9.17) is 4.74 Å². The lowest BCUT2D eigenvalue weighted by molar-refractivity contribution is -0.138. The maximum Gasteiger partial charge on any atom is 0.243 e. The molecule has 2 aliphatic heterocycles. The molecule has 7 nitrogen and oxygen atoms in total. The van der Waals surface area contributed by atoms with E-state index in [0.29, 0.717) is 45.7 Å². The molecule has 1 atom stereocenters. The van der Waals surface area contributed by atoms with Crippen LogP contribution in [0.3, 0.4) is 0 Å². The Morgan fingerprint density at radius 1 is 1.03 bits per heavy atom. The third kappa shape index (κ3) is 5.20. The average Bonchev–Trinajstić information content (AvgIpc) is 2.85. The summed E-state index contributed by atoms with van der Waals surface area (Å²) >= 11 is 0. The van der Waals surface area contributed by atoms with Crippen LogP contribution in [0.15, 0.2) is 53.4 Å². The number of piperazine rings is 1. The number of piperidine rings is 1. The van der Waals surface area contributed by atoms with E-state index in [-0.39, 0.29) is 22.4 Å². The van der Waals surface area contributed by atoms with Crippen LogP contribution in [0.4, 0.5) is 4.39 Å². The van der Waals surface area contributed by atoms with Crippen molar-refractivity contribution in [3.63, 3.8) is 0 Å². The van der Waals surface area contributed by atoms with Gasteiger partial charge in [-0.2, -0.15) is 4.31 Å². The molecule has 33 heavy (non-hydrogen) atoms. The normalized spacial score (nSPS) is 20.5. The first-order valence-electron chi connectivity index (χ1n) is 11.3. The summed E-state index contributed by atoms with van der Waals surface area (Å²) in [5, 5.41) is 0. The van der Waals surface area contributed by atoms with Crippen molar-refractivity contribution in [2.45, 2.75) is 36.7 Å². The number of hydrogen-bond acceptors (Lipinski definition) is 5. The minimum atomic E-state index is -3.73. The lowest BCUT2D eigenvalue weighted by atomic mass is 10.0. The maximum absolute atomic E-state index is 14.0. The third-order valence-corrected chi connectivity index (χ3v) is 8.32. The summed E-state index contributed by atoms with van der Waals surface area (Å²) in [5.41, 5.74) is 0.848. The standard InChI is InChI=1S/C24H30FN3O4S/c1-32-23-11-10-19(17-21(23)25)18-26-13-15-27(16-14-26)24(29)22-9-5-6-12-28(22)33(30,31)20-7-3-2-4-8-20/h2-4,7-8,10-11,17,22H,5-6,9,12-16,18H2,1H3. The maximum atomic E-state index is 14.0. The molecule has 0 N–H and O–H groups in total. The second-order valence-electron chi connectivity index (χ2n) is 8.51. The van der Waals surface area contributed by atoms with Crippen LogP contribution in [0, 0.1) is 5.82 Å². The molecule has 2 fully saturated rings. The summed E-state index contributed by atoms with van der Waals surface area (Å²) in [7, 11) is -2.29. The molecule has 1 amide bonds. The molecule has 2 heterocycles. The minimum Gasteiger partial charge on any atom is -0.494 e. The number of amides is 1. The molecule has 0 radical (unpaired) electrons. The molecular weight excluding hydrogens is 445 g/mol. The summed E-state index contributed by atoms with van der Waals surface area (Å²) in [5.74, 6) is -0.290. The Kier molecular flexibility index (Phi) is 7.31. The highest BCUT2D eigenvalue weighted by atomic mass is 32.2. The van der Waals surface area contributed by atoms with E-state index >= 15 is 0 Å². The predicted molar refractivity (Wildman–Crippen MR) is 123 cm³/mol. The fraction of sp³-hybridized carbons (Fsp3) is 0.458. The van der Waals surface area contributed by atoms with E-state index < -0.39 is 16.1 Å². The van der Waals surface area contributed by atoms with Crippen LogP contribution in [-0.4, -0.2) is 74.3 Å². The number of sulfonamides is 1. The van der Waals surface area contributed by atoms with E-state index in [9.17, 15) is 17.6 Å². The lowest BCUT2D eigenvalue weighted by Crippen LogP contribution is -2.56. The molecule has 2 saturated heterocycles. The number of benzene rings is 2. The van der Waals surface area contributed by atoms with Gasteiger partial charge in [0.15, 0.2) is 11.6 Å². The smallest absolute Gasteiger partial charge is 0.243 e. The number of ether oxygens (including phenoxy) is 1. The molecule has 0 aromatic heterocycles. The molecule has 9 heteroatoms. The van der Waals surface area contributed by atoms with Crippen molar-refractivity contribution in [1.82, 2.24) is 14.1 Å². The predicted octanol–water partition coefficient (Wildman–Crippen LogP) is 2.72. The van der Waals surface area contributed by atoms with Crippen molar-refractivity contribution >= 4 is 15.9 Å². The molecule has 2 aromatic rings. The molecule has 2 aliphatic rings. The first-order valence-corrected chi connectivity index (χ1v) is 12.7. The van der Waals surface area contributed by atoms with Gasteiger partial charge in [0.2, 0.25) is 15.9 Å². The summed E-state index contributed by atoms with van der Waals surface area (Å²) in [6.07, 6.45) is 2.12. The summed E-state index contributed by atoms with van der Waals surface area (Å²) < 4.78 is 46.8. The molecule has 0 spiro atoms. The van der Waals surface area contributed by atoms with Crippen LogP contribution < -0.4 is 4.74 Å². The third-order valence-electron chi connectivity index (χ3n) is 6.39. The summed E-state index contributed by atoms with van der Waals surface area (Å²) in [4.78, 5) is 17.5. The van der Waals surface area contributed by atoms with Crippen molar-refractivity contribution in [3.05, 3.63) is 59.9 Å². The van der Waals surface area contributed by atoms with Gasteiger partial charge in [-0.3, -0.25) is 9.69 Å². The highest BCUT2D eigenvalue weighted by molar-refractivity contribution is 7.89. The molecule has 1 unspecified atom stereocenters. The van der Waals surface area contributed by atoms with Crippen molar-refractivity contribution < 1.29 is 22.3 Å². The Labute approximate surface area is 194 Å². The monoisotopic (exact) mass is 475 g/mol. The van der Waals surface area contributed by atoms with Gasteiger partial charge in [-0.15, -0.1) is 0 Å². The molecular formula is C24H30FN3O4S. The topological polar surface area (TPSA) is 70.2 Å². The zero-order valence-corrected chi connectivity index (χ0v) is 19.6. The van der Waals surface area contributed by atoms with E-state index in [0.717, 1.165) is 18.4 Å². The fourth-order valence-electron chi connectivity index (χ4n) is 4.57. The first kappa shape index (κ1) is 23.7. The highest BCUT2D eigenvalue weighted by Gasteiger charge is 2.39. The van der Waals surface area contributed by atoms with Crippen molar-refractivity contribution in [3.8, 4) is 5.75 Å². The molecule has 178 valence electrons. The highest BCUT2D eigenvalue weighted by Crippen LogP contribution is 2.27. The largest absolute Gasteiger partial charge is 0.494 e. The second kappa shape index (κ2) is 10.2. The van der Waals surface area contributed by atoms with Crippen molar-refractivity contribution in [2.75, 3.05) is 39.8 Å². The van der Waals surface area contributed by atoms with Gasteiger partial charge in [-0.05, 0) is 42.7 Å². The van der Waals surface area contributed by atoms with E-state index in [1.54, 1.807) is 41.3 Å². The number of hydrogen-bond donors (Lipinski definition) is 0. The van der Waals surface area contributed by atoms with Crippen LogP contribution >= 0.6 is 0 Å². The molecule has 2 aromatic carbocycles. The van der Waals surface area contributed by atoms with Gasteiger partial charge >= 0.3 is 0 Å².